The summed E-state index contributed by atoms with van der Waals surface area (Å²) in [7, 11) is 3.93. The first-order valence-electron chi connectivity index (χ1n) is 5.39. The van der Waals surface area contributed by atoms with Crippen molar-refractivity contribution >= 4 is 17.3 Å². The highest BCUT2D eigenvalue weighted by Crippen LogP contribution is 2.33. The lowest BCUT2D eigenvalue weighted by Gasteiger charge is -2.15. The molecule has 16 heavy (non-hydrogen) atoms. The van der Waals surface area contributed by atoms with E-state index in [1.54, 1.807) is 0 Å². The zero-order chi connectivity index (χ0) is 11.8. The maximum atomic E-state index is 11.7. The number of nitrogens with zero attached hydrogens (tertiary/aromatic N) is 1. The van der Waals surface area contributed by atoms with Crippen LogP contribution in [-0.4, -0.2) is 25.5 Å². The molecule has 1 fully saturated rings. The van der Waals surface area contributed by atoms with Crippen molar-refractivity contribution in [3.63, 3.8) is 0 Å². The Morgan fingerprint density at radius 3 is 2.69 bits per heavy atom. The van der Waals surface area contributed by atoms with E-state index in [1.165, 1.54) is 0 Å². The summed E-state index contributed by atoms with van der Waals surface area (Å²) in [5, 5.41) is 2.85. The van der Waals surface area contributed by atoms with E-state index in [0.717, 1.165) is 24.2 Å². The van der Waals surface area contributed by atoms with Crippen LogP contribution in [0.25, 0.3) is 0 Å². The number of carbonyl (C=O) groups excluding carboxylic acids is 1. The Morgan fingerprint density at radius 1 is 1.44 bits per heavy atom. The van der Waals surface area contributed by atoms with Gasteiger partial charge in [-0.15, -0.1) is 0 Å². The molecule has 0 atom stereocenters. The second-order valence-electron chi connectivity index (χ2n) is 4.56. The van der Waals surface area contributed by atoms with Crippen molar-refractivity contribution in [2.24, 2.45) is 5.73 Å². The molecule has 3 N–H and O–H groups in total. The van der Waals surface area contributed by atoms with E-state index in [0.29, 0.717) is 0 Å². The van der Waals surface area contributed by atoms with E-state index in [-0.39, 0.29) is 5.91 Å². The highest BCUT2D eigenvalue weighted by atomic mass is 16.2. The maximum absolute atomic E-state index is 11.7. The fraction of sp³-hybridized carbons (Fsp3) is 0.417. The topological polar surface area (TPSA) is 58.4 Å². The number of carbonyl (C=O) groups is 1. The van der Waals surface area contributed by atoms with Crippen LogP contribution in [0.4, 0.5) is 11.4 Å². The third kappa shape index (κ3) is 2.17. The molecule has 0 radical (unpaired) electrons. The van der Waals surface area contributed by atoms with E-state index in [2.05, 4.69) is 5.32 Å². The van der Waals surface area contributed by atoms with Crippen LogP contribution in [0.1, 0.15) is 12.8 Å². The molecule has 1 saturated carbocycles. The van der Waals surface area contributed by atoms with Crippen LogP contribution in [0, 0.1) is 0 Å². The summed E-state index contributed by atoms with van der Waals surface area (Å²) in [4.78, 5) is 13.7. The first kappa shape index (κ1) is 11.0. The van der Waals surface area contributed by atoms with Gasteiger partial charge in [-0.05, 0) is 31.0 Å². The average molecular weight is 219 g/mol. The molecule has 86 valence electrons. The third-order valence-electron chi connectivity index (χ3n) is 2.86. The highest BCUT2D eigenvalue weighted by molar-refractivity contribution is 6.00. The Kier molecular flexibility index (Phi) is 2.59. The van der Waals surface area contributed by atoms with Crippen molar-refractivity contribution in [2.75, 3.05) is 24.3 Å². The molecule has 0 saturated heterocycles. The van der Waals surface area contributed by atoms with Crippen molar-refractivity contribution < 1.29 is 4.79 Å². The monoisotopic (exact) mass is 219 g/mol. The lowest BCUT2D eigenvalue weighted by Crippen LogP contribution is -2.37. The van der Waals surface area contributed by atoms with E-state index in [4.69, 9.17) is 5.73 Å². The van der Waals surface area contributed by atoms with E-state index in [9.17, 15) is 4.79 Å². The van der Waals surface area contributed by atoms with Gasteiger partial charge in [0.05, 0.1) is 5.54 Å². The third-order valence-corrected chi connectivity index (χ3v) is 2.86. The van der Waals surface area contributed by atoms with Gasteiger partial charge < -0.3 is 16.0 Å². The Labute approximate surface area is 95.4 Å². The van der Waals surface area contributed by atoms with Gasteiger partial charge in [-0.2, -0.15) is 0 Å². The van der Waals surface area contributed by atoms with Crippen LogP contribution < -0.4 is 16.0 Å². The summed E-state index contributed by atoms with van der Waals surface area (Å²) in [5.41, 5.74) is 7.05. The molecule has 1 aromatic carbocycles. The van der Waals surface area contributed by atoms with Gasteiger partial charge in [0.1, 0.15) is 0 Å². The van der Waals surface area contributed by atoms with Gasteiger partial charge in [0.25, 0.3) is 0 Å². The smallest absolute Gasteiger partial charge is 0.244 e. The molecule has 4 nitrogen and oxygen atoms in total. The molecule has 0 aliphatic heterocycles. The summed E-state index contributed by atoms with van der Waals surface area (Å²) in [6, 6.07) is 7.71. The number of nitrogens with one attached hydrogen (secondary N) is 1. The molecule has 0 spiro atoms. The largest absolute Gasteiger partial charge is 0.378 e. The van der Waals surface area contributed by atoms with Gasteiger partial charge in [0.15, 0.2) is 0 Å². The van der Waals surface area contributed by atoms with E-state index < -0.39 is 5.54 Å². The molecule has 0 unspecified atom stereocenters. The van der Waals surface area contributed by atoms with E-state index >= 15 is 0 Å². The molecule has 1 aliphatic carbocycles. The number of rotatable bonds is 3. The number of anilines is 2. The minimum absolute atomic E-state index is 0.0802. The molecule has 1 aromatic rings. The molecule has 0 heterocycles. The molecule has 0 aromatic heterocycles. The number of amides is 1. The van der Waals surface area contributed by atoms with Crippen LogP contribution >= 0.6 is 0 Å². The summed E-state index contributed by atoms with van der Waals surface area (Å²) in [5.74, 6) is -0.0802. The first-order valence-corrected chi connectivity index (χ1v) is 5.39. The Balaban J connectivity index is 2.09. The van der Waals surface area contributed by atoms with Gasteiger partial charge in [-0.3, -0.25) is 4.79 Å². The van der Waals surface area contributed by atoms with Gasteiger partial charge in [-0.1, -0.05) is 6.07 Å². The summed E-state index contributed by atoms with van der Waals surface area (Å²) in [6.45, 7) is 0. The lowest BCUT2D eigenvalue weighted by atomic mass is 10.2. The number of hydrogen-bond acceptors (Lipinski definition) is 3. The summed E-state index contributed by atoms with van der Waals surface area (Å²) >= 11 is 0. The summed E-state index contributed by atoms with van der Waals surface area (Å²) < 4.78 is 0. The van der Waals surface area contributed by atoms with Crippen LogP contribution in [-0.2, 0) is 4.79 Å². The highest BCUT2D eigenvalue weighted by Gasteiger charge is 2.45. The van der Waals surface area contributed by atoms with Crippen molar-refractivity contribution in [2.45, 2.75) is 18.4 Å². The second kappa shape index (κ2) is 3.79. The zero-order valence-electron chi connectivity index (χ0n) is 9.66. The second-order valence-corrected chi connectivity index (χ2v) is 4.56. The minimum atomic E-state index is -0.617. The lowest BCUT2D eigenvalue weighted by molar-refractivity contribution is -0.118. The molecule has 2 rings (SSSR count). The van der Waals surface area contributed by atoms with Crippen LogP contribution in [0.15, 0.2) is 24.3 Å². The predicted octanol–water partition coefficient (Wildman–Crippen LogP) is 1.18. The molecule has 4 heteroatoms. The van der Waals surface area contributed by atoms with Crippen LogP contribution in [0.3, 0.4) is 0 Å². The minimum Gasteiger partial charge on any atom is -0.378 e. The SMILES string of the molecule is CN(C)c1cccc(NC(=O)C2(N)CC2)c1. The molecule has 1 aliphatic rings. The average Bonchev–Trinajstić information content (AvgIpc) is 2.98. The quantitative estimate of drug-likeness (QED) is 0.802. The Bertz CT molecular complexity index is 410. The Morgan fingerprint density at radius 2 is 2.12 bits per heavy atom. The molecule has 1 amide bonds. The molecule has 0 bridgehead atoms. The van der Waals surface area contributed by atoms with Crippen molar-refractivity contribution in [3.8, 4) is 0 Å². The maximum Gasteiger partial charge on any atom is 0.244 e. The zero-order valence-corrected chi connectivity index (χ0v) is 9.66. The standard InChI is InChI=1S/C12H17N3O/c1-15(2)10-5-3-4-9(8-10)14-11(16)12(13)6-7-12/h3-5,8H,6-7,13H2,1-2H3,(H,14,16). The van der Waals surface area contributed by atoms with Crippen molar-refractivity contribution in [1.82, 2.24) is 0 Å². The Hall–Kier alpha value is -1.55. The first-order chi connectivity index (χ1) is 7.51. The normalized spacial score (nSPS) is 16.7. The van der Waals surface area contributed by atoms with E-state index in [1.807, 2.05) is 43.3 Å². The molecular formula is C12H17N3O. The summed E-state index contributed by atoms with van der Waals surface area (Å²) in [6.07, 6.45) is 1.57. The fourth-order valence-corrected chi connectivity index (χ4v) is 1.48. The number of benzene rings is 1. The van der Waals surface area contributed by atoms with Gasteiger partial charge in [0, 0.05) is 25.5 Å². The number of nitrogens with two attached hydrogens (primary N) is 1. The van der Waals surface area contributed by atoms with Crippen molar-refractivity contribution in [1.29, 1.82) is 0 Å². The van der Waals surface area contributed by atoms with Gasteiger partial charge in [-0.25, -0.2) is 0 Å². The van der Waals surface area contributed by atoms with Crippen LogP contribution in [0.5, 0.6) is 0 Å². The molecular weight excluding hydrogens is 202 g/mol. The van der Waals surface area contributed by atoms with Gasteiger partial charge >= 0.3 is 0 Å². The number of hydrogen-bond donors (Lipinski definition) is 2. The van der Waals surface area contributed by atoms with Gasteiger partial charge in [0.2, 0.25) is 5.91 Å². The fourth-order valence-electron chi connectivity index (χ4n) is 1.48. The van der Waals surface area contributed by atoms with Crippen molar-refractivity contribution in [3.05, 3.63) is 24.3 Å². The van der Waals surface area contributed by atoms with Crippen LogP contribution in [0.2, 0.25) is 0 Å². The predicted molar refractivity (Wildman–Crippen MR) is 65.6 cm³/mol.